The van der Waals surface area contributed by atoms with Crippen molar-refractivity contribution >= 4 is 29.0 Å². The van der Waals surface area contributed by atoms with Gasteiger partial charge in [-0.3, -0.25) is 14.5 Å². The molecule has 1 fully saturated rings. The molecule has 0 aliphatic carbocycles. The van der Waals surface area contributed by atoms with Gasteiger partial charge in [-0.25, -0.2) is 9.18 Å². The molecule has 0 radical (unpaired) electrons. The molecule has 0 spiro atoms. The van der Waals surface area contributed by atoms with E-state index in [4.69, 9.17) is 9.47 Å². The van der Waals surface area contributed by atoms with Crippen molar-refractivity contribution in [3.05, 3.63) is 78.5 Å². The monoisotopic (exact) mass is 543 g/mol. The fourth-order valence-electron chi connectivity index (χ4n) is 4.68. The van der Waals surface area contributed by atoms with Crippen molar-refractivity contribution in [2.24, 2.45) is 7.05 Å². The standard InChI is InChI=1S/C28H26FN7O4/c1-35-16-17(15-31-35)23-14-20(6-7-30-23)40-25-5-2-18(12-22(25)29)32-28(38)34-26-21-4-3-19(13-24(21)33-27(26)37)36-8-10-39-11-9-36/h2-7,12-16,26H,8-11H2,1H3,(H,33,37)(H2,32,34,38). The van der Waals surface area contributed by atoms with Gasteiger partial charge in [-0.15, -0.1) is 0 Å². The molecule has 2 aromatic heterocycles. The summed E-state index contributed by atoms with van der Waals surface area (Å²) in [7, 11) is 1.80. The predicted molar refractivity (Wildman–Crippen MR) is 146 cm³/mol. The van der Waals surface area contributed by atoms with Crippen molar-refractivity contribution in [1.29, 1.82) is 0 Å². The summed E-state index contributed by atoms with van der Waals surface area (Å²) < 4.78 is 27.6. The molecule has 4 aromatic rings. The molecule has 4 heterocycles. The fraction of sp³-hybridized carbons (Fsp3) is 0.214. The first-order valence-electron chi connectivity index (χ1n) is 12.7. The number of rotatable bonds is 6. The molecule has 6 rings (SSSR count). The lowest BCUT2D eigenvalue weighted by atomic mass is 10.1. The number of halogens is 1. The molecule has 2 aliphatic heterocycles. The minimum absolute atomic E-state index is 0.0190. The molecule has 12 heteroatoms. The third kappa shape index (κ3) is 5.29. The number of hydrogen-bond donors (Lipinski definition) is 3. The van der Waals surface area contributed by atoms with Crippen LogP contribution in [0.4, 0.5) is 26.2 Å². The summed E-state index contributed by atoms with van der Waals surface area (Å²) in [6.45, 7) is 2.84. The van der Waals surface area contributed by atoms with Crippen LogP contribution in [0.15, 0.2) is 67.1 Å². The minimum atomic E-state index is -0.873. The van der Waals surface area contributed by atoms with Crippen LogP contribution in [0.2, 0.25) is 0 Å². The molecule has 0 bridgehead atoms. The first kappa shape index (κ1) is 25.3. The van der Waals surface area contributed by atoms with Crippen molar-refractivity contribution in [2.75, 3.05) is 41.8 Å². The number of anilines is 3. The number of fused-ring (bicyclic) bond motifs is 1. The summed E-state index contributed by atoms with van der Waals surface area (Å²) in [5.74, 6) is -0.636. The van der Waals surface area contributed by atoms with E-state index in [2.05, 4.69) is 30.9 Å². The number of hydrogen-bond acceptors (Lipinski definition) is 7. The van der Waals surface area contributed by atoms with E-state index in [0.29, 0.717) is 35.9 Å². The third-order valence-corrected chi connectivity index (χ3v) is 6.67. The van der Waals surface area contributed by atoms with E-state index in [1.54, 1.807) is 36.3 Å². The summed E-state index contributed by atoms with van der Waals surface area (Å²) in [5, 5.41) is 12.2. The molecule has 1 unspecified atom stereocenters. The quantitative estimate of drug-likeness (QED) is 0.335. The van der Waals surface area contributed by atoms with Crippen LogP contribution in [0.3, 0.4) is 0 Å². The van der Waals surface area contributed by atoms with E-state index in [-0.39, 0.29) is 17.3 Å². The highest BCUT2D eigenvalue weighted by Crippen LogP contribution is 2.35. The number of carbonyl (C=O) groups is 2. The van der Waals surface area contributed by atoms with Crippen LogP contribution in [0, 0.1) is 5.82 Å². The number of pyridine rings is 1. The molecule has 3 amide bonds. The zero-order valence-electron chi connectivity index (χ0n) is 21.6. The second kappa shape index (κ2) is 10.7. The lowest BCUT2D eigenvalue weighted by molar-refractivity contribution is -0.117. The van der Waals surface area contributed by atoms with Crippen LogP contribution >= 0.6 is 0 Å². The second-order valence-electron chi connectivity index (χ2n) is 9.42. The summed E-state index contributed by atoms with van der Waals surface area (Å²) in [4.78, 5) is 31.8. The number of nitrogens with one attached hydrogen (secondary N) is 3. The Bertz CT molecular complexity index is 1580. The molecule has 11 nitrogen and oxygen atoms in total. The Labute approximate surface area is 228 Å². The molecule has 1 atom stereocenters. The van der Waals surface area contributed by atoms with Crippen molar-refractivity contribution < 1.29 is 23.5 Å². The maximum absolute atomic E-state index is 14.9. The van der Waals surface area contributed by atoms with Gasteiger partial charge in [-0.1, -0.05) is 6.07 Å². The normalized spacial score (nSPS) is 16.3. The number of ether oxygens (including phenoxy) is 2. The zero-order chi connectivity index (χ0) is 27.6. The Morgan fingerprint density at radius 3 is 2.77 bits per heavy atom. The first-order chi connectivity index (χ1) is 19.4. The highest BCUT2D eigenvalue weighted by Gasteiger charge is 2.32. The number of urea groups is 1. The molecule has 2 aliphatic rings. The third-order valence-electron chi connectivity index (χ3n) is 6.67. The van der Waals surface area contributed by atoms with E-state index in [9.17, 15) is 14.0 Å². The van der Waals surface area contributed by atoms with E-state index < -0.39 is 17.9 Å². The summed E-state index contributed by atoms with van der Waals surface area (Å²) in [6.07, 6.45) is 5.06. The maximum atomic E-state index is 14.9. The molecular weight excluding hydrogens is 517 g/mol. The molecule has 204 valence electrons. The maximum Gasteiger partial charge on any atom is 0.320 e. The van der Waals surface area contributed by atoms with Crippen molar-refractivity contribution in [3.8, 4) is 22.8 Å². The van der Waals surface area contributed by atoms with Crippen LogP contribution in [-0.4, -0.2) is 53.0 Å². The number of aromatic nitrogens is 3. The molecule has 40 heavy (non-hydrogen) atoms. The van der Waals surface area contributed by atoms with Gasteiger partial charge in [-0.05, 0) is 30.3 Å². The Hall–Kier alpha value is -4.97. The zero-order valence-corrected chi connectivity index (χ0v) is 21.6. The SMILES string of the molecule is Cn1cc(-c2cc(Oc3ccc(NC(=O)NC4C(=O)Nc5cc(N6CCOCC6)ccc54)cc3F)ccn2)cn1. The number of aryl methyl sites for hydroxylation is 1. The van der Waals surface area contributed by atoms with Crippen molar-refractivity contribution in [2.45, 2.75) is 6.04 Å². The van der Waals surface area contributed by atoms with Gasteiger partial charge in [0.05, 0.1) is 25.1 Å². The number of benzene rings is 2. The van der Waals surface area contributed by atoms with Crippen LogP contribution in [0.1, 0.15) is 11.6 Å². The van der Waals surface area contributed by atoms with Gasteiger partial charge in [0.15, 0.2) is 11.6 Å². The Balaban J connectivity index is 1.10. The van der Waals surface area contributed by atoms with Gasteiger partial charge in [0.1, 0.15) is 11.8 Å². The smallest absolute Gasteiger partial charge is 0.320 e. The topological polar surface area (TPSA) is 123 Å². The Morgan fingerprint density at radius 2 is 2.00 bits per heavy atom. The van der Waals surface area contributed by atoms with Crippen molar-refractivity contribution in [1.82, 2.24) is 20.1 Å². The average molecular weight is 544 g/mol. The fourth-order valence-corrected chi connectivity index (χ4v) is 4.68. The minimum Gasteiger partial charge on any atom is -0.454 e. The van der Waals surface area contributed by atoms with Gasteiger partial charge in [0.2, 0.25) is 0 Å². The lowest BCUT2D eigenvalue weighted by Gasteiger charge is -2.29. The molecule has 0 saturated carbocycles. The van der Waals surface area contributed by atoms with Crippen LogP contribution in [0.5, 0.6) is 11.5 Å². The Morgan fingerprint density at radius 1 is 1.15 bits per heavy atom. The number of carbonyl (C=O) groups excluding carboxylic acids is 2. The highest BCUT2D eigenvalue weighted by molar-refractivity contribution is 6.05. The van der Waals surface area contributed by atoms with E-state index in [1.165, 1.54) is 12.1 Å². The molecule has 1 saturated heterocycles. The number of morpholine rings is 1. The van der Waals surface area contributed by atoms with E-state index in [1.807, 2.05) is 24.4 Å². The molecular formula is C28H26FN7O4. The molecule has 3 N–H and O–H groups in total. The highest BCUT2D eigenvalue weighted by atomic mass is 19.1. The lowest BCUT2D eigenvalue weighted by Crippen LogP contribution is -2.36. The largest absolute Gasteiger partial charge is 0.454 e. The molecule has 2 aromatic carbocycles. The van der Waals surface area contributed by atoms with Gasteiger partial charge < -0.3 is 30.3 Å². The average Bonchev–Trinajstić information content (AvgIpc) is 3.53. The van der Waals surface area contributed by atoms with Gasteiger partial charge >= 0.3 is 6.03 Å². The van der Waals surface area contributed by atoms with Gasteiger partial charge in [0.25, 0.3) is 5.91 Å². The first-order valence-corrected chi connectivity index (χ1v) is 12.7. The van der Waals surface area contributed by atoms with Crippen LogP contribution < -0.4 is 25.6 Å². The van der Waals surface area contributed by atoms with E-state index in [0.717, 1.165) is 30.4 Å². The summed E-state index contributed by atoms with van der Waals surface area (Å²) in [6, 6.07) is 11.5. The predicted octanol–water partition coefficient (Wildman–Crippen LogP) is 4.07. The summed E-state index contributed by atoms with van der Waals surface area (Å²) >= 11 is 0. The van der Waals surface area contributed by atoms with Crippen molar-refractivity contribution in [3.63, 3.8) is 0 Å². The van der Waals surface area contributed by atoms with E-state index >= 15 is 0 Å². The van der Waals surface area contributed by atoms with Gasteiger partial charge in [-0.2, -0.15) is 5.10 Å². The van der Waals surface area contributed by atoms with Gasteiger partial charge in [0, 0.05) is 72.9 Å². The number of amides is 3. The van der Waals surface area contributed by atoms with Crippen LogP contribution in [-0.2, 0) is 16.6 Å². The van der Waals surface area contributed by atoms with Crippen LogP contribution in [0.25, 0.3) is 11.3 Å². The number of nitrogens with zero attached hydrogens (tertiary/aromatic N) is 4. The second-order valence-corrected chi connectivity index (χ2v) is 9.42. The summed E-state index contributed by atoms with van der Waals surface area (Å²) in [5.41, 5.74) is 3.93. The Kier molecular flexibility index (Phi) is 6.74.